The Morgan fingerprint density at radius 3 is 2.47 bits per heavy atom. The van der Waals surface area contributed by atoms with E-state index in [2.05, 4.69) is 39.5 Å². The Balaban J connectivity index is 1.60. The molecular weight excluding hydrogens is 376 g/mol. The highest BCUT2D eigenvalue weighted by Crippen LogP contribution is 2.63. The standard InChI is InChI=1S/C25H36N2O3/c1-15(2)26(16(3)4)24(28)23-11-10-22-21-8-6-17-14-18(27(29)30)7-9-19(17)20(21)12-13-25(22,23)5/h7,9,14-16,20-23H,6,8,10-13H2,1-5H3/t20-,21-,22+,23-,25+/m1/s1. The molecule has 0 aliphatic heterocycles. The van der Waals surface area contributed by atoms with Crippen LogP contribution in [-0.4, -0.2) is 27.8 Å². The third-order valence-corrected chi connectivity index (χ3v) is 8.59. The summed E-state index contributed by atoms with van der Waals surface area (Å²) in [5, 5.41) is 11.2. The van der Waals surface area contributed by atoms with E-state index in [1.54, 1.807) is 12.1 Å². The SMILES string of the molecule is CC(C)N(C(=O)[C@H]1CC[C@H]2[C@@H]3CCc4cc([N+](=O)[O-])ccc4[C@H]3CC[C@]12C)C(C)C. The van der Waals surface area contributed by atoms with Gasteiger partial charge in [0.2, 0.25) is 5.91 Å². The number of amides is 1. The minimum absolute atomic E-state index is 0.0819. The number of fused-ring (bicyclic) bond motifs is 5. The second-order valence-electron chi connectivity index (χ2n) is 10.7. The molecule has 3 aliphatic rings. The van der Waals surface area contributed by atoms with Crippen molar-refractivity contribution in [3.05, 3.63) is 39.4 Å². The number of nitrogens with zero attached hydrogens (tertiary/aromatic N) is 2. The first-order valence-electron chi connectivity index (χ1n) is 11.7. The lowest BCUT2D eigenvalue weighted by molar-refractivity contribution is -0.385. The molecule has 0 aromatic heterocycles. The van der Waals surface area contributed by atoms with Crippen LogP contribution in [0.3, 0.4) is 0 Å². The van der Waals surface area contributed by atoms with Gasteiger partial charge in [-0.05, 0) is 101 Å². The molecule has 0 spiro atoms. The molecule has 5 nitrogen and oxygen atoms in total. The summed E-state index contributed by atoms with van der Waals surface area (Å²) in [7, 11) is 0. The fourth-order valence-electron chi connectivity index (χ4n) is 7.37. The summed E-state index contributed by atoms with van der Waals surface area (Å²) in [6, 6.07) is 5.95. The molecular formula is C25H36N2O3. The lowest BCUT2D eigenvalue weighted by Gasteiger charge is -2.51. The molecule has 2 saturated carbocycles. The van der Waals surface area contributed by atoms with Crippen LogP contribution in [0.2, 0.25) is 0 Å². The molecule has 0 saturated heterocycles. The largest absolute Gasteiger partial charge is 0.338 e. The molecule has 0 radical (unpaired) electrons. The number of carbonyl (C=O) groups excluding carboxylic acids is 1. The summed E-state index contributed by atoms with van der Waals surface area (Å²) in [5.74, 6) is 2.16. The molecule has 5 heteroatoms. The minimum atomic E-state index is -0.285. The van der Waals surface area contributed by atoms with Crippen molar-refractivity contribution in [3.8, 4) is 0 Å². The molecule has 1 aromatic rings. The number of rotatable bonds is 4. The van der Waals surface area contributed by atoms with Crippen LogP contribution in [0.25, 0.3) is 0 Å². The highest BCUT2D eigenvalue weighted by Gasteiger charge is 2.57. The van der Waals surface area contributed by atoms with E-state index in [-0.39, 0.29) is 34.0 Å². The van der Waals surface area contributed by atoms with Crippen molar-refractivity contribution in [3.63, 3.8) is 0 Å². The van der Waals surface area contributed by atoms with Gasteiger partial charge in [-0.25, -0.2) is 0 Å². The molecule has 3 aliphatic carbocycles. The van der Waals surface area contributed by atoms with Crippen molar-refractivity contribution in [1.29, 1.82) is 0 Å². The van der Waals surface area contributed by atoms with Gasteiger partial charge >= 0.3 is 0 Å². The maximum atomic E-state index is 13.6. The number of benzene rings is 1. The predicted octanol–water partition coefficient (Wildman–Crippen LogP) is 5.71. The summed E-state index contributed by atoms with van der Waals surface area (Å²) in [6.45, 7) is 10.9. The number of aryl methyl sites for hydroxylation is 1. The Morgan fingerprint density at radius 2 is 1.83 bits per heavy atom. The van der Waals surface area contributed by atoms with Gasteiger partial charge in [-0.2, -0.15) is 0 Å². The summed E-state index contributed by atoms with van der Waals surface area (Å²) in [5.41, 5.74) is 2.80. The molecule has 30 heavy (non-hydrogen) atoms. The van der Waals surface area contributed by atoms with Crippen LogP contribution >= 0.6 is 0 Å². The van der Waals surface area contributed by atoms with Gasteiger partial charge in [-0.3, -0.25) is 14.9 Å². The van der Waals surface area contributed by atoms with Gasteiger partial charge in [0.05, 0.1) is 4.92 Å². The predicted molar refractivity (Wildman–Crippen MR) is 118 cm³/mol. The van der Waals surface area contributed by atoms with Crippen molar-refractivity contribution in [2.45, 2.75) is 91.1 Å². The van der Waals surface area contributed by atoms with E-state index in [1.807, 2.05) is 6.07 Å². The maximum absolute atomic E-state index is 13.6. The van der Waals surface area contributed by atoms with Gasteiger partial charge in [0.25, 0.3) is 5.69 Å². The van der Waals surface area contributed by atoms with E-state index in [4.69, 9.17) is 0 Å². The lowest BCUT2D eigenvalue weighted by atomic mass is 9.54. The Hall–Kier alpha value is -1.91. The zero-order valence-corrected chi connectivity index (χ0v) is 19.1. The second kappa shape index (κ2) is 7.65. The number of nitro groups is 1. The molecule has 164 valence electrons. The fourth-order valence-corrected chi connectivity index (χ4v) is 7.37. The Morgan fingerprint density at radius 1 is 1.13 bits per heavy atom. The van der Waals surface area contributed by atoms with Crippen molar-refractivity contribution in [2.75, 3.05) is 0 Å². The first-order chi connectivity index (χ1) is 14.1. The smallest absolute Gasteiger partial charge is 0.269 e. The molecule has 4 rings (SSSR count). The van der Waals surface area contributed by atoms with Crippen molar-refractivity contribution >= 4 is 11.6 Å². The molecule has 0 unspecified atom stereocenters. The highest BCUT2D eigenvalue weighted by atomic mass is 16.6. The van der Waals surface area contributed by atoms with Crippen LogP contribution in [-0.2, 0) is 11.2 Å². The Kier molecular flexibility index (Phi) is 5.44. The molecule has 0 heterocycles. The van der Waals surface area contributed by atoms with Gasteiger partial charge in [0, 0.05) is 30.1 Å². The zero-order valence-electron chi connectivity index (χ0n) is 19.1. The normalized spacial score (nSPS) is 32.5. The van der Waals surface area contributed by atoms with Gasteiger partial charge in [0.15, 0.2) is 0 Å². The van der Waals surface area contributed by atoms with E-state index in [1.165, 1.54) is 11.1 Å². The Labute approximate surface area is 180 Å². The lowest BCUT2D eigenvalue weighted by Crippen LogP contribution is -2.50. The van der Waals surface area contributed by atoms with Crippen LogP contribution in [0.1, 0.15) is 83.8 Å². The van der Waals surface area contributed by atoms with Crippen molar-refractivity contribution in [1.82, 2.24) is 4.90 Å². The second-order valence-corrected chi connectivity index (χ2v) is 10.7. The summed E-state index contributed by atoms with van der Waals surface area (Å²) < 4.78 is 0. The maximum Gasteiger partial charge on any atom is 0.269 e. The number of non-ortho nitro benzene ring substituents is 1. The number of carbonyl (C=O) groups is 1. The van der Waals surface area contributed by atoms with Crippen molar-refractivity contribution < 1.29 is 9.72 Å². The molecule has 0 bridgehead atoms. The number of nitro benzene ring substituents is 1. The van der Waals surface area contributed by atoms with Crippen LogP contribution in [0.5, 0.6) is 0 Å². The van der Waals surface area contributed by atoms with E-state index in [9.17, 15) is 14.9 Å². The van der Waals surface area contributed by atoms with Gasteiger partial charge < -0.3 is 4.90 Å². The number of hydrogen-bond donors (Lipinski definition) is 0. The fraction of sp³-hybridized carbons (Fsp3) is 0.720. The average molecular weight is 413 g/mol. The summed E-state index contributed by atoms with van der Waals surface area (Å²) >= 11 is 0. The first kappa shape index (κ1) is 21.3. The quantitative estimate of drug-likeness (QED) is 0.470. The monoisotopic (exact) mass is 412 g/mol. The summed E-state index contributed by atoms with van der Waals surface area (Å²) in [6.07, 6.45) is 6.34. The van der Waals surface area contributed by atoms with E-state index in [0.717, 1.165) is 38.5 Å². The number of hydrogen-bond acceptors (Lipinski definition) is 3. The van der Waals surface area contributed by atoms with E-state index in [0.29, 0.717) is 23.7 Å². The van der Waals surface area contributed by atoms with Crippen molar-refractivity contribution in [2.24, 2.45) is 23.2 Å². The minimum Gasteiger partial charge on any atom is -0.338 e. The first-order valence-corrected chi connectivity index (χ1v) is 11.7. The van der Waals surface area contributed by atoms with Gasteiger partial charge in [0.1, 0.15) is 0 Å². The van der Waals surface area contributed by atoms with Gasteiger partial charge in [-0.1, -0.05) is 13.0 Å². The van der Waals surface area contributed by atoms with E-state index < -0.39 is 0 Å². The average Bonchev–Trinajstić information content (AvgIpc) is 3.03. The van der Waals surface area contributed by atoms with Crippen LogP contribution in [0.15, 0.2) is 18.2 Å². The molecule has 0 N–H and O–H groups in total. The van der Waals surface area contributed by atoms with Crippen LogP contribution in [0, 0.1) is 33.3 Å². The third kappa shape index (κ3) is 3.25. The summed E-state index contributed by atoms with van der Waals surface area (Å²) in [4.78, 5) is 26.6. The molecule has 2 fully saturated rings. The van der Waals surface area contributed by atoms with E-state index >= 15 is 0 Å². The molecule has 5 atom stereocenters. The highest BCUT2D eigenvalue weighted by molar-refractivity contribution is 5.80. The van der Waals surface area contributed by atoms with Crippen LogP contribution in [0.4, 0.5) is 5.69 Å². The van der Waals surface area contributed by atoms with Crippen LogP contribution < -0.4 is 0 Å². The zero-order chi connectivity index (χ0) is 21.8. The topological polar surface area (TPSA) is 63.5 Å². The Bertz CT molecular complexity index is 841. The molecule has 1 aromatic carbocycles. The third-order valence-electron chi connectivity index (χ3n) is 8.59. The van der Waals surface area contributed by atoms with Gasteiger partial charge in [-0.15, -0.1) is 0 Å². The molecule has 1 amide bonds.